The molecule has 2 aromatic rings. The van der Waals surface area contributed by atoms with Gasteiger partial charge in [-0.1, -0.05) is 17.7 Å². The fraction of sp³-hybridized carbons (Fsp3) is 0.143. The summed E-state index contributed by atoms with van der Waals surface area (Å²) < 4.78 is 0. The van der Waals surface area contributed by atoms with Gasteiger partial charge in [0.1, 0.15) is 0 Å². The molecule has 98 valence electrons. The molecule has 0 bridgehead atoms. The summed E-state index contributed by atoms with van der Waals surface area (Å²) in [5.74, 6) is -0.272. The Labute approximate surface area is 120 Å². The highest BCUT2D eigenvalue weighted by molar-refractivity contribution is 7.16. The van der Waals surface area contributed by atoms with Gasteiger partial charge in [-0.05, 0) is 43.7 Å². The second-order valence-electron chi connectivity index (χ2n) is 4.09. The Bertz CT molecular complexity index is 649. The highest BCUT2D eigenvalue weighted by Gasteiger charge is 2.13. The van der Waals surface area contributed by atoms with Gasteiger partial charge in [0, 0.05) is 10.7 Å². The zero-order valence-corrected chi connectivity index (χ0v) is 12.1. The molecule has 0 unspecified atom stereocenters. The molecule has 0 radical (unpaired) electrons. The molecule has 0 saturated carbocycles. The SMILES string of the molecule is CC(=O)c1ccc(C(=O)Nc2cccc(Cl)c2C)s1. The lowest BCUT2D eigenvalue weighted by molar-refractivity contribution is 0.101. The fourth-order valence-corrected chi connectivity index (χ4v) is 2.55. The van der Waals surface area contributed by atoms with Crippen LogP contribution in [0.4, 0.5) is 5.69 Å². The second kappa shape index (κ2) is 5.55. The van der Waals surface area contributed by atoms with Gasteiger partial charge in [-0.25, -0.2) is 0 Å². The lowest BCUT2D eigenvalue weighted by Crippen LogP contribution is -2.11. The van der Waals surface area contributed by atoms with E-state index in [4.69, 9.17) is 11.6 Å². The standard InChI is InChI=1S/C14H12ClNO2S/c1-8-10(15)4-3-5-11(8)16-14(18)13-7-6-12(19-13)9(2)17/h3-7H,1-2H3,(H,16,18). The van der Waals surface area contributed by atoms with Crippen molar-refractivity contribution in [3.05, 3.63) is 50.7 Å². The predicted molar refractivity (Wildman–Crippen MR) is 78.5 cm³/mol. The van der Waals surface area contributed by atoms with E-state index in [9.17, 15) is 9.59 Å². The quantitative estimate of drug-likeness (QED) is 0.864. The number of ketones is 1. The largest absolute Gasteiger partial charge is 0.321 e. The van der Waals surface area contributed by atoms with Gasteiger partial charge in [0.05, 0.1) is 9.75 Å². The number of nitrogens with one attached hydrogen (secondary N) is 1. The third kappa shape index (κ3) is 3.03. The van der Waals surface area contributed by atoms with Crippen molar-refractivity contribution in [2.24, 2.45) is 0 Å². The molecule has 0 aliphatic rings. The summed E-state index contributed by atoms with van der Waals surface area (Å²) in [6, 6.07) is 8.65. The van der Waals surface area contributed by atoms with Crippen LogP contribution in [0.5, 0.6) is 0 Å². The van der Waals surface area contributed by atoms with Crippen molar-refractivity contribution in [1.29, 1.82) is 0 Å². The lowest BCUT2D eigenvalue weighted by atomic mass is 10.2. The average molecular weight is 294 g/mol. The molecule has 0 atom stereocenters. The topological polar surface area (TPSA) is 46.2 Å². The first-order chi connectivity index (χ1) is 8.99. The monoisotopic (exact) mass is 293 g/mol. The molecule has 1 aromatic heterocycles. The van der Waals surface area contributed by atoms with E-state index in [-0.39, 0.29) is 11.7 Å². The van der Waals surface area contributed by atoms with Gasteiger partial charge in [-0.15, -0.1) is 11.3 Å². The van der Waals surface area contributed by atoms with E-state index in [1.165, 1.54) is 18.3 Å². The second-order valence-corrected chi connectivity index (χ2v) is 5.58. The van der Waals surface area contributed by atoms with Crippen molar-refractivity contribution >= 4 is 40.3 Å². The maximum absolute atomic E-state index is 12.1. The molecule has 5 heteroatoms. The Morgan fingerprint density at radius 2 is 1.84 bits per heavy atom. The van der Waals surface area contributed by atoms with Crippen LogP contribution in [0.3, 0.4) is 0 Å². The van der Waals surface area contributed by atoms with Crippen molar-refractivity contribution in [2.45, 2.75) is 13.8 Å². The number of hydrogen-bond acceptors (Lipinski definition) is 3. The third-order valence-electron chi connectivity index (χ3n) is 2.69. The van der Waals surface area contributed by atoms with Gasteiger partial charge in [0.15, 0.2) is 5.78 Å². The van der Waals surface area contributed by atoms with Crippen molar-refractivity contribution in [2.75, 3.05) is 5.32 Å². The van der Waals surface area contributed by atoms with Crippen LogP contribution in [0, 0.1) is 6.92 Å². The van der Waals surface area contributed by atoms with E-state index in [0.717, 1.165) is 5.56 Å². The minimum Gasteiger partial charge on any atom is -0.321 e. The lowest BCUT2D eigenvalue weighted by Gasteiger charge is -2.08. The molecule has 0 aliphatic heterocycles. The van der Waals surface area contributed by atoms with E-state index < -0.39 is 0 Å². The van der Waals surface area contributed by atoms with Gasteiger partial charge in [0.2, 0.25) is 0 Å². The molecule has 19 heavy (non-hydrogen) atoms. The summed E-state index contributed by atoms with van der Waals surface area (Å²) in [5.41, 5.74) is 1.50. The summed E-state index contributed by atoms with van der Waals surface area (Å²) in [4.78, 5) is 24.3. The van der Waals surface area contributed by atoms with E-state index in [0.29, 0.717) is 20.5 Å². The zero-order valence-electron chi connectivity index (χ0n) is 10.5. The Kier molecular flexibility index (Phi) is 4.02. The number of rotatable bonds is 3. The van der Waals surface area contributed by atoms with E-state index >= 15 is 0 Å². The Hall–Kier alpha value is -1.65. The molecule has 0 spiro atoms. The minimum absolute atomic E-state index is 0.0389. The number of anilines is 1. The number of hydrogen-bond donors (Lipinski definition) is 1. The molecular weight excluding hydrogens is 282 g/mol. The number of carbonyl (C=O) groups excluding carboxylic acids is 2. The highest BCUT2D eigenvalue weighted by atomic mass is 35.5. The van der Waals surface area contributed by atoms with Crippen molar-refractivity contribution in [3.8, 4) is 0 Å². The summed E-state index contributed by atoms with van der Waals surface area (Å²) in [6.45, 7) is 3.32. The smallest absolute Gasteiger partial charge is 0.265 e. The molecule has 1 heterocycles. The van der Waals surface area contributed by atoms with Gasteiger partial charge in [0.25, 0.3) is 5.91 Å². The number of amides is 1. The maximum Gasteiger partial charge on any atom is 0.265 e. The van der Waals surface area contributed by atoms with Crippen LogP contribution >= 0.6 is 22.9 Å². The van der Waals surface area contributed by atoms with Crippen molar-refractivity contribution in [1.82, 2.24) is 0 Å². The van der Waals surface area contributed by atoms with Gasteiger partial charge >= 0.3 is 0 Å². The molecular formula is C14H12ClNO2S. The summed E-state index contributed by atoms with van der Waals surface area (Å²) in [6.07, 6.45) is 0. The average Bonchev–Trinajstić information content (AvgIpc) is 2.84. The Balaban J connectivity index is 2.21. The Morgan fingerprint density at radius 3 is 2.47 bits per heavy atom. The van der Waals surface area contributed by atoms with Crippen LogP contribution in [0.25, 0.3) is 0 Å². The van der Waals surface area contributed by atoms with Gasteiger partial charge in [-0.3, -0.25) is 9.59 Å². The Morgan fingerprint density at radius 1 is 1.16 bits per heavy atom. The molecule has 0 saturated heterocycles. The van der Waals surface area contributed by atoms with E-state index in [2.05, 4.69) is 5.32 Å². The van der Waals surface area contributed by atoms with Crippen LogP contribution < -0.4 is 5.32 Å². The number of benzene rings is 1. The first-order valence-electron chi connectivity index (χ1n) is 5.66. The number of halogens is 1. The minimum atomic E-state index is -0.233. The predicted octanol–water partition coefficient (Wildman–Crippen LogP) is 4.16. The van der Waals surface area contributed by atoms with Crippen molar-refractivity contribution in [3.63, 3.8) is 0 Å². The third-order valence-corrected chi connectivity index (χ3v) is 4.29. The number of Topliss-reactive ketones (excluding diaryl/α,β-unsaturated/α-hetero) is 1. The molecule has 1 aromatic carbocycles. The molecule has 2 rings (SSSR count). The van der Waals surface area contributed by atoms with Crippen LogP contribution in [-0.2, 0) is 0 Å². The summed E-state index contributed by atoms with van der Waals surface area (Å²) in [5, 5.41) is 3.40. The highest BCUT2D eigenvalue weighted by Crippen LogP contribution is 2.24. The normalized spacial score (nSPS) is 10.3. The maximum atomic E-state index is 12.1. The molecule has 1 amide bonds. The zero-order chi connectivity index (χ0) is 14.0. The first kappa shape index (κ1) is 13.8. The van der Waals surface area contributed by atoms with Crippen LogP contribution in [0.1, 0.15) is 31.8 Å². The first-order valence-corrected chi connectivity index (χ1v) is 6.85. The van der Waals surface area contributed by atoms with Crippen LogP contribution in [0.15, 0.2) is 30.3 Å². The molecule has 3 nitrogen and oxygen atoms in total. The number of thiophene rings is 1. The molecule has 1 N–H and O–H groups in total. The van der Waals surface area contributed by atoms with Crippen molar-refractivity contribution < 1.29 is 9.59 Å². The van der Waals surface area contributed by atoms with E-state index in [1.54, 1.807) is 30.3 Å². The summed E-state index contributed by atoms with van der Waals surface area (Å²) >= 11 is 7.18. The molecule has 0 fully saturated rings. The summed E-state index contributed by atoms with van der Waals surface area (Å²) in [7, 11) is 0. The van der Waals surface area contributed by atoms with Crippen LogP contribution in [-0.4, -0.2) is 11.7 Å². The van der Waals surface area contributed by atoms with Gasteiger partial charge < -0.3 is 5.32 Å². The van der Waals surface area contributed by atoms with E-state index in [1.807, 2.05) is 6.92 Å². The molecule has 0 aliphatic carbocycles. The number of carbonyl (C=O) groups is 2. The fourth-order valence-electron chi connectivity index (χ4n) is 1.58. The van der Waals surface area contributed by atoms with Crippen LogP contribution in [0.2, 0.25) is 5.02 Å². The van der Waals surface area contributed by atoms with Gasteiger partial charge in [-0.2, -0.15) is 0 Å².